The van der Waals surface area contributed by atoms with Crippen LogP contribution in [0.3, 0.4) is 0 Å². The first-order chi connectivity index (χ1) is 7.78. The monoisotopic (exact) mass is 221 g/mol. The van der Waals surface area contributed by atoms with Gasteiger partial charge in [0.15, 0.2) is 0 Å². The van der Waals surface area contributed by atoms with Crippen LogP contribution in [0.25, 0.3) is 0 Å². The lowest BCUT2D eigenvalue weighted by atomic mass is 10.1. The van der Waals surface area contributed by atoms with Crippen molar-refractivity contribution < 1.29 is 9.47 Å². The summed E-state index contributed by atoms with van der Waals surface area (Å²) in [6.45, 7) is 2.19. The van der Waals surface area contributed by atoms with E-state index in [4.69, 9.17) is 9.47 Å². The van der Waals surface area contributed by atoms with Crippen molar-refractivity contribution in [3.05, 3.63) is 24.3 Å². The van der Waals surface area contributed by atoms with Gasteiger partial charge in [-0.25, -0.2) is 0 Å². The van der Waals surface area contributed by atoms with Crippen molar-refractivity contribution in [1.82, 2.24) is 4.90 Å². The second-order valence-corrected chi connectivity index (χ2v) is 4.32. The van der Waals surface area contributed by atoms with Crippen molar-refractivity contribution in [1.29, 1.82) is 0 Å². The molecule has 0 amide bonds. The molecule has 1 saturated heterocycles. The average molecular weight is 221 g/mol. The molecule has 88 valence electrons. The van der Waals surface area contributed by atoms with Crippen LogP contribution in [0, 0.1) is 0 Å². The average Bonchev–Trinajstić information content (AvgIpc) is 2.29. The molecule has 16 heavy (non-hydrogen) atoms. The van der Waals surface area contributed by atoms with Crippen molar-refractivity contribution in [2.24, 2.45) is 0 Å². The summed E-state index contributed by atoms with van der Waals surface area (Å²) in [5, 5.41) is 0. The molecule has 3 nitrogen and oxygen atoms in total. The zero-order chi connectivity index (χ0) is 11.4. The molecule has 0 aromatic heterocycles. The predicted molar refractivity (Wildman–Crippen MR) is 64.1 cm³/mol. The number of benzene rings is 1. The SMILES string of the molecule is COc1cccc(OC2CCCN(C)C2)c1. The number of rotatable bonds is 3. The zero-order valence-corrected chi connectivity index (χ0v) is 9.98. The highest BCUT2D eigenvalue weighted by atomic mass is 16.5. The summed E-state index contributed by atoms with van der Waals surface area (Å²) < 4.78 is 11.1. The van der Waals surface area contributed by atoms with Gasteiger partial charge in [-0.05, 0) is 38.6 Å². The minimum Gasteiger partial charge on any atom is -0.497 e. The molecule has 1 heterocycles. The molecule has 0 radical (unpaired) electrons. The molecule has 0 N–H and O–H groups in total. The molecular formula is C13H19NO2. The lowest BCUT2D eigenvalue weighted by Crippen LogP contribution is -2.38. The maximum absolute atomic E-state index is 5.95. The number of likely N-dealkylation sites (tertiary alicyclic amines) is 1. The first kappa shape index (κ1) is 11.3. The molecule has 1 aliphatic heterocycles. The Morgan fingerprint density at radius 1 is 1.31 bits per heavy atom. The van der Waals surface area contributed by atoms with Gasteiger partial charge in [-0.1, -0.05) is 6.07 Å². The predicted octanol–water partition coefficient (Wildman–Crippen LogP) is 2.17. The van der Waals surface area contributed by atoms with E-state index in [0.717, 1.165) is 24.5 Å². The topological polar surface area (TPSA) is 21.7 Å². The summed E-state index contributed by atoms with van der Waals surface area (Å²) in [4.78, 5) is 2.31. The second-order valence-electron chi connectivity index (χ2n) is 4.32. The molecule has 1 aromatic rings. The van der Waals surface area contributed by atoms with E-state index in [0.29, 0.717) is 6.10 Å². The van der Waals surface area contributed by atoms with Crippen molar-refractivity contribution in [3.63, 3.8) is 0 Å². The van der Waals surface area contributed by atoms with Crippen molar-refractivity contribution in [2.45, 2.75) is 18.9 Å². The first-order valence-electron chi connectivity index (χ1n) is 5.77. The quantitative estimate of drug-likeness (QED) is 0.780. The van der Waals surface area contributed by atoms with Crippen LogP contribution in [0.4, 0.5) is 0 Å². The van der Waals surface area contributed by atoms with Gasteiger partial charge < -0.3 is 14.4 Å². The number of piperidine rings is 1. The van der Waals surface area contributed by atoms with E-state index in [2.05, 4.69) is 11.9 Å². The van der Waals surface area contributed by atoms with E-state index in [9.17, 15) is 0 Å². The van der Waals surface area contributed by atoms with Crippen LogP contribution in [-0.2, 0) is 0 Å². The highest BCUT2D eigenvalue weighted by Crippen LogP contribution is 2.22. The van der Waals surface area contributed by atoms with Gasteiger partial charge in [0.2, 0.25) is 0 Å². The number of hydrogen-bond acceptors (Lipinski definition) is 3. The van der Waals surface area contributed by atoms with Crippen LogP contribution >= 0.6 is 0 Å². The van der Waals surface area contributed by atoms with Gasteiger partial charge in [-0.3, -0.25) is 0 Å². The number of nitrogens with zero attached hydrogens (tertiary/aromatic N) is 1. The molecule has 1 atom stereocenters. The largest absolute Gasteiger partial charge is 0.497 e. The van der Waals surface area contributed by atoms with E-state index in [1.54, 1.807) is 7.11 Å². The standard InChI is InChI=1S/C13H19NO2/c1-14-8-4-7-13(10-14)16-12-6-3-5-11(9-12)15-2/h3,5-6,9,13H,4,7-8,10H2,1-2H3. The summed E-state index contributed by atoms with van der Waals surface area (Å²) in [7, 11) is 3.81. The Hall–Kier alpha value is -1.22. The molecule has 0 saturated carbocycles. The fraction of sp³-hybridized carbons (Fsp3) is 0.538. The Balaban J connectivity index is 1.97. The Labute approximate surface area is 97.0 Å². The fourth-order valence-electron chi connectivity index (χ4n) is 2.08. The van der Waals surface area contributed by atoms with Gasteiger partial charge in [0.25, 0.3) is 0 Å². The third kappa shape index (κ3) is 2.89. The molecule has 2 rings (SSSR count). The van der Waals surface area contributed by atoms with Crippen LogP contribution in [0.15, 0.2) is 24.3 Å². The van der Waals surface area contributed by atoms with Crippen LogP contribution in [0.2, 0.25) is 0 Å². The summed E-state index contributed by atoms with van der Waals surface area (Å²) in [5.74, 6) is 1.75. The maximum atomic E-state index is 5.95. The molecule has 3 heteroatoms. The van der Waals surface area contributed by atoms with Gasteiger partial charge in [0, 0.05) is 12.6 Å². The highest BCUT2D eigenvalue weighted by Gasteiger charge is 2.18. The highest BCUT2D eigenvalue weighted by molar-refractivity contribution is 5.33. The van der Waals surface area contributed by atoms with Crippen molar-refractivity contribution in [3.8, 4) is 11.5 Å². The molecular weight excluding hydrogens is 202 g/mol. The molecule has 1 aromatic carbocycles. The van der Waals surface area contributed by atoms with Crippen LogP contribution in [0.1, 0.15) is 12.8 Å². The van der Waals surface area contributed by atoms with E-state index in [-0.39, 0.29) is 0 Å². The van der Waals surface area contributed by atoms with E-state index in [1.165, 1.54) is 13.0 Å². The molecule has 0 aliphatic carbocycles. The van der Waals surface area contributed by atoms with E-state index in [1.807, 2.05) is 24.3 Å². The normalized spacial score (nSPS) is 21.8. The van der Waals surface area contributed by atoms with E-state index < -0.39 is 0 Å². The van der Waals surface area contributed by atoms with Gasteiger partial charge >= 0.3 is 0 Å². The second kappa shape index (κ2) is 5.21. The number of likely N-dealkylation sites (N-methyl/N-ethyl adjacent to an activating group) is 1. The molecule has 0 bridgehead atoms. The minimum atomic E-state index is 0.311. The van der Waals surface area contributed by atoms with Gasteiger partial charge in [-0.2, -0.15) is 0 Å². The van der Waals surface area contributed by atoms with Crippen molar-refractivity contribution >= 4 is 0 Å². The third-order valence-corrected chi connectivity index (χ3v) is 2.93. The third-order valence-electron chi connectivity index (χ3n) is 2.93. The molecule has 1 aliphatic rings. The Kier molecular flexibility index (Phi) is 3.67. The number of ether oxygens (including phenoxy) is 2. The fourth-order valence-corrected chi connectivity index (χ4v) is 2.08. The minimum absolute atomic E-state index is 0.311. The van der Waals surface area contributed by atoms with Gasteiger partial charge in [-0.15, -0.1) is 0 Å². The summed E-state index contributed by atoms with van der Waals surface area (Å²) in [6, 6.07) is 7.81. The van der Waals surface area contributed by atoms with Crippen LogP contribution < -0.4 is 9.47 Å². The van der Waals surface area contributed by atoms with Crippen molar-refractivity contribution in [2.75, 3.05) is 27.2 Å². The van der Waals surface area contributed by atoms with Crippen LogP contribution in [0.5, 0.6) is 11.5 Å². The summed E-state index contributed by atoms with van der Waals surface area (Å²) in [5.41, 5.74) is 0. The number of hydrogen-bond donors (Lipinski definition) is 0. The number of methoxy groups -OCH3 is 1. The maximum Gasteiger partial charge on any atom is 0.123 e. The Morgan fingerprint density at radius 3 is 2.88 bits per heavy atom. The molecule has 0 spiro atoms. The lowest BCUT2D eigenvalue weighted by Gasteiger charge is -2.30. The summed E-state index contributed by atoms with van der Waals surface area (Å²) in [6.07, 6.45) is 2.66. The Morgan fingerprint density at radius 2 is 2.12 bits per heavy atom. The van der Waals surface area contributed by atoms with Gasteiger partial charge in [0.1, 0.15) is 17.6 Å². The lowest BCUT2D eigenvalue weighted by molar-refractivity contribution is 0.104. The molecule has 1 unspecified atom stereocenters. The van der Waals surface area contributed by atoms with Gasteiger partial charge in [0.05, 0.1) is 7.11 Å². The first-order valence-corrected chi connectivity index (χ1v) is 5.77. The molecule has 1 fully saturated rings. The smallest absolute Gasteiger partial charge is 0.123 e. The summed E-state index contributed by atoms with van der Waals surface area (Å²) >= 11 is 0. The zero-order valence-electron chi connectivity index (χ0n) is 9.98. The Bertz CT molecular complexity index is 340. The van der Waals surface area contributed by atoms with E-state index >= 15 is 0 Å². The van der Waals surface area contributed by atoms with Crippen LogP contribution in [-0.4, -0.2) is 38.3 Å².